The van der Waals surface area contributed by atoms with E-state index in [2.05, 4.69) is 13.8 Å². The quantitative estimate of drug-likeness (QED) is 0.632. The van der Waals surface area contributed by atoms with Gasteiger partial charge in [-0.15, -0.1) is 0 Å². The zero-order valence-corrected chi connectivity index (χ0v) is 8.42. The fourth-order valence-electron chi connectivity index (χ4n) is 2.25. The second-order valence-electron chi connectivity index (χ2n) is 4.59. The summed E-state index contributed by atoms with van der Waals surface area (Å²) >= 11 is 0. The van der Waals surface area contributed by atoms with E-state index in [-0.39, 0.29) is 6.10 Å². The van der Waals surface area contributed by atoms with Crippen LogP contribution in [0.2, 0.25) is 0 Å². The van der Waals surface area contributed by atoms with Crippen LogP contribution in [0.25, 0.3) is 0 Å². The normalized spacial score (nSPS) is 32.0. The van der Waals surface area contributed by atoms with Gasteiger partial charge in [0.2, 0.25) is 0 Å². The van der Waals surface area contributed by atoms with E-state index in [0.717, 1.165) is 12.3 Å². The molecule has 1 saturated carbocycles. The van der Waals surface area contributed by atoms with Crippen molar-refractivity contribution in [3.05, 3.63) is 0 Å². The van der Waals surface area contributed by atoms with Gasteiger partial charge in [-0.2, -0.15) is 0 Å². The topological polar surface area (TPSA) is 20.2 Å². The molecule has 12 heavy (non-hydrogen) atoms. The average molecular weight is 170 g/mol. The lowest BCUT2D eigenvalue weighted by Gasteiger charge is -2.21. The fourth-order valence-corrected chi connectivity index (χ4v) is 2.25. The van der Waals surface area contributed by atoms with Crippen molar-refractivity contribution >= 4 is 0 Å². The minimum atomic E-state index is -0.00472. The molecular formula is C11H22O. The summed E-state index contributed by atoms with van der Waals surface area (Å²) in [6, 6.07) is 0. The molecule has 0 aliphatic heterocycles. The molecule has 0 radical (unpaired) electrons. The van der Waals surface area contributed by atoms with Crippen molar-refractivity contribution in [2.24, 2.45) is 11.8 Å². The third-order valence-corrected chi connectivity index (χ3v) is 2.89. The maximum atomic E-state index is 9.80. The van der Waals surface area contributed by atoms with E-state index >= 15 is 0 Å². The van der Waals surface area contributed by atoms with E-state index in [9.17, 15) is 5.11 Å². The van der Waals surface area contributed by atoms with Crippen LogP contribution in [0.1, 0.15) is 52.4 Å². The first-order chi connectivity index (χ1) is 5.70. The summed E-state index contributed by atoms with van der Waals surface area (Å²) in [5, 5.41) is 9.80. The molecule has 1 heteroatoms. The smallest absolute Gasteiger partial charge is 0.0568 e. The summed E-state index contributed by atoms with van der Waals surface area (Å²) < 4.78 is 0. The highest BCUT2D eigenvalue weighted by molar-refractivity contribution is 4.73. The van der Waals surface area contributed by atoms with Gasteiger partial charge in [0.15, 0.2) is 0 Å². The predicted molar refractivity (Wildman–Crippen MR) is 52.0 cm³/mol. The van der Waals surface area contributed by atoms with Gasteiger partial charge < -0.3 is 5.11 Å². The SMILES string of the molecule is CC(C)CC1CCCCCC1O. The molecule has 0 amide bonds. The van der Waals surface area contributed by atoms with Gasteiger partial charge >= 0.3 is 0 Å². The van der Waals surface area contributed by atoms with E-state index in [4.69, 9.17) is 0 Å². The third kappa shape index (κ3) is 3.14. The molecule has 1 N–H and O–H groups in total. The molecule has 0 bridgehead atoms. The van der Waals surface area contributed by atoms with Crippen LogP contribution >= 0.6 is 0 Å². The first kappa shape index (κ1) is 10.0. The largest absolute Gasteiger partial charge is 0.393 e. The lowest BCUT2D eigenvalue weighted by molar-refractivity contribution is 0.0886. The lowest BCUT2D eigenvalue weighted by Crippen LogP contribution is -2.20. The number of hydrogen-bond acceptors (Lipinski definition) is 1. The Kier molecular flexibility index (Phi) is 4.07. The standard InChI is InChI=1S/C11H22O/c1-9(2)8-10-6-4-3-5-7-11(10)12/h9-12H,3-8H2,1-2H3. The molecule has 0 aromatic heterocycles. The number of aliphatic hydroxyl groups is 1. The van der Waals surface area contributed by atoms with Gasteiger partial charge in [0, 0.05) is 0 Å². The molecule has 0 aromatic rings. The molecule has 1 rings (SSSR count). The summed E-state index contributed by atoms with van der Waals surface area (Å²) in [5.41, 5.74) is 0. The Morgan fingerprint density at radius 2 is 1.83 bits per heavy atom. The van der Waals surface area contributed by atoms with Crippen molar-refractivity contribution in [1.82, 2.24) is 0 Å². The van der Waals surface area contributed by atoms with Crippen LogP contribution in [0.4, 0.5) is 0 Å². The number of hydrogen-bond donors (Lipinski definition) is 1. The Morgan fingerprint density at radius 1 is 1.17 bits per heavy atom. The molecule has 1 nitrogen and oxygen atoms in total. The molecule has 72 valence electrons. The minimum Gasteiger partial charge on any atom is -0.393 e. The van der Waals surface area contributed by atoms with Gasteiger partial charge in [0.05, 0.1) is 6.10 Å². The van der Waals surface area contributed by atoms with Crippen molar-refractivity contribution in [1.29, 1.82) is 0 Å². The van der Waals surface area contributed by atoms with Crippen LogP contribution < -0.4 is 0 Å². The van der Waals surface area contributed by atoms with Crippen molar-refractivity contribution in [3.63, 3.8) is 0 Å². The Balaban J connectivity index is 2.36. The monoisotopic (exact) mass is 170 g/mol. The Bertz CT molecular complexity index is 120. The molecular weight excluding hydrogens is 148 g/mol. The first-order valence-corrected chi connectivity index (χ1v) is 5.38. The van der Waals surface area contributed by atoms with E-state index in [1.165, 1.54) is 32.1 Å². The van der Waals surface area contributed by atoms with Gasteiger partial charge in [-0.3, -0.25) is 0 Å². The zero-order valence-electron chi connectivity index (χ0n) is 8.42. The van der Waals surface area contributed by atoms with Crippen LogP contribution in [-0.2, 0) is 0 Å². The van der Waals surface area contributed by atoms with E-state index in [1.54, 1.807) is 0 Å². The molecule has 1 fully saturated rings. The predicted octanol–water partition coefficient (Wildman–Crippen LogP) is 2.97. The van der Waals surface area contributed by atoms with Crippen LogP contribution in [0.15, 0.2) is 0 Å². The summed E-state index contributed by atoms with van der Waals surface area (Å²) in [7, 11) is 0. The van der Waals surface area contributed by atoms with Crippen LogP contribution in [-0.4, -0.2) is 11.2 Å². The lowest BCUT2D eigenvalue weighted by atomic mass is 9.89. The Labute approximate surface area is 76.2 Å². The highest BCUT2D eigenvalue weighted by atomic mass is 16.3. The molecule has 1 aliphatic carbocycles. The van der Waals surface area contributed by atoms with Crippen molar-refractivity contribution in [3.8, 4) is 0 Å². The molecule has 1 aliphatic rings. The van der Waals surface area contributed by atoms with Gasteiger partial charge in [0.1, 0.15) is 0 Å². The summed E-state index contributed by atoms with van der Waals surface area (Å²) in [6.07, 6.45) is 7.38. The fraction of sp³-hybridized carbons (Fsp3) is 1.00. The Hall–Kier alpha value is -0.0400. The second-order valence-corrected chi connectivity index (χ2v) is 4.59. The van der Waals surface area contributed by atoms with E-state index in [1.807, 2.05) is 0 Å². The summed E-state index contributed by atoms with van der Waals surface area (Å²) in [6.45, 7) is 4.50. The highest BCUT2D eigenvalue weighted by Gasteiger charge is 2.21. The molecule has 0 saturated heterocycles. The molecule has 0 aromatic carbocycles. The molecule has 0 heterocycles. The summed E-state index contributed by atoms with van der Waals surface area (Å²) in [4.78, 5) is 0. The van der Waals surface area contributed by atoms with Crippen LogP contribution in [0.3, 0.4) is 0 Å². The second kappa shape index (κ2) is 4.86. The summed E-state index contributed by atoms with van der Waals surface area (Å²) in [5.74, 6) is 1.33. The number of rotatable bonds is 2. The third-order valence-electron chi connectivity index (χ3n) is 2.89. The van der Waals surface area contributed by atoms with Gasteiger partial charge in [-0.05, 0) is 31.1 Å². The first-order valence-electron chi connectivity index (χ1n) is 5.38. The van der Waals surface area contributed by atoms with E-state index < -0.39 is 0 Å². The van der Waals surface area contributed by atoms with Gasteiger partial charge in [0.25, 0.3) is 0 Å². The molecule has 2 atom stereocenters. The average Bonchev–Trinajstić information content (AvgIpc) is 2.16. The molecule has 2 unspecified atom stereocenters. The van der Waals surface area contributed by atoms with Gasteiger partial charge in [-0.25, -0.2) is 0 Å². The maximum absolute atomic E-state index is 9.80. The minimum absolute atomic E-state index is 0.00472. The highest BCUT2D eigenvalue weighted by Crippen LogP contribution is 2.28. The van der Waals surface area contributed by atoms with Crippen LogP contribution in [0.5, 0.6) is 0 Å². The zero-order chi connectivity index (χ0) is 8.97. The molecule has 0 spiro atoms. The van der Waals surface area contributed by atoms with Crippen molar-refractivity contribution < 1.29 is 5.11 Å². The number of aliphatic hydroxyl groups excluding tert-OH is 1. The Morgan fingerprint density at radius 3 is 2.50 bits per heavy atom. The van der Waals surface area contributed by atoms with Crippen molar-refractivity contribution in [2.75, 3.05) is 0 Å². The van der Waals surface area contributed by atoms with E-state index in [0.29, 0.717) is 5.92 Å². The van der Waals surface area contributed by atoms with Crippen LogP contribution in [0, 0.1) is 11.8 Å². The van der Waals surface area contributed by atoms with Gasteiger partial charge in [-0.1, -0.05) is 33.1 Å². The van der Waals surface area contributed by atoms with Crippen molar-refractivity contribution in [2.45, 2.75) is 58.5 Å². The maximum Gasteiger partial charge on any atom is 0.0568 e.